The summed E-state index contributed by atoms with van der Waals surface area (Å²) in [6.07, 6.45) is 0. The Hall–Kier alpha value is -0.890. The quantitative estimate of drug-likeness (QED) is 0.754. The molecule has 13 heavy (non-hydrogen) atoms. The van der Waals surface area contributed by atoms with Gasteiger partial charge in [0.05, 0.1) is 0 Å². The third kappa shape index (κ3) is 2.07. The van der Waals surface area contributed by atoms with E-state index < -0.39 is 0 Å². The van der Waals surface area contributed by atoms with Crippen molar-refractivity contribution in [1.82, 2.24) is 4.98 Å². The largest absolute Gasteiger partial charge is 0.326 e. The lowest BCUT2D eigenvalue weighted by molar-refractivity contribution is 0.828. The maximum Gasteiger partial charge on any atom is 0.0420 e. The van der Waals surface area contributed by atoms with E-state index in [1.807, 2.05) is 6.92 Å². The van der Waals surface area contributed by atoms with Gasteiger partial charge in [0, 0.05) is 17.9 Å². The SMILES string of the molecule is Cc1nc(C)c(C(C)C)cc1CN. The predicted octanol–water partition coefficient (Wildman–Crippen LogP) is 2.28. The molecule has 0 amide bonds. The average Bonchev–Trinajstić information content (AvgIpc) is 2.03. The molecule has 0 radical (unpaired) electrons. The van der Waals surface area contributed by atoms with Gasteiger partial charge in [0.15, 0.2) is 0 Å². The van der Waals surface area contributed by atoms with E-state index in [0.717, 1.165) is 17.0 Å². The normalized spacial score (nSPS) is 10.9. The molecule has 0 aromatic carbocycles. The topological polar surface area (TPSA) is 38.9 Å². The van der Waals surface area contributed by atoms with E-state index >= 15 is 0 Å². The molecule has 0 aliphatic rings. The number of hydrogen-bond acceptors (Lipinski definition) is 2. The summed E-state index contributed by atoms with van der Waals surface area (Å²) < 4.78 is 0. The molecule has 0 atom stereocenters. The first kappa shape index (κ1) is 10.2. The molecule has 0 aliphatic carbocycles. The molecular weight excluding hydrogens is 160 g/mol. The van der Waals surface area contributed by atoms with E-state index in [0.29, 0.717) is 12.5 Å². The molecule has 2 nitrogen and oxygen atoms in total. The Bertz CT molecular complexity index is 303. The fourth-order valence-corrected chi connectivity index (χ4v) is 1.58. The predicted molar refractivity (Wildman–Crippen MR) is 55.7 cm³/mol. The Balaban J connectivity index is 3.22. The molecule has 1 heterocycles. The lowest BCUT2D eigenvalue weighted by atomic mass is 9.99. The summed E-state index contributed by atoms with van der Waals surface area (Å²) in [6, 6.07) is 2.18. The highest BCUT2D eigenvalue weighted by molar-refractivity contribution is 5.31. The molecule has 1 aromatic heterocycles. The summed E-state index contributed by atoms with van der Waals surface area (Å²) in [5.41, 5.74) is 10.3. The van der Waals surface area contributed by atoms with Gasteiger partial charge in [-0.25, -0.2) is 0 Å². The summed E-state index contributed by atoms with van der Waals surface area (Å²) in [5.74, 6) is 0.526. The van der Waals surface area contributed by atoms with Crippen molar-refractivity contribution in [2.75, 3.05) is 0 Å². The molecule has 0 fully saturated rings. The number of nitrogens with two attached hydrogens (primary N) is 1. The monoisotopic (exact) mass is 178 g/mol. The summed E-state index contributed by atoms with van der Waals surface area (Å²) in [7, 11) is 0. The molecule has 0 saturated carbocycles. The van der Waals surface area contributed by atoms with Gasteiger partial charge in [0.25, 0.3) is 0 Å². The molecule has 0 spiro atoms. The van der Waals surface area contributed by atoms with Crippen LogP contribution in [0.2, 0.25) is 0 Å². The summed E-state index contributed by atoms with van der Waals surface area (Å²) in [4.78, 5) is 4.49. The minimum absolute atomic E-state index is 0.526. The molecule has 1 rings (SSSR count). The van der Waals surface area contributed by atoms with Gasteiger partial charge in [0.1, 0.15) is 0 Å². The lowest BCUT2D eigenvalue weighted by Gasteiger charge is -2.12. The van der Waals surface area contributed by atoms with Crippen LogP contribution in [0, 0.1) is 13.8 Å². The summed E-state index contributed by atoms with van der Waals surface area (Å²) in [6.45, 7) is 9.01. The van der Waals surface area contributed by atoms with Crippen molar-refractivity contribution < 1.29 is 0 Å². The van der Waals surface area contributed by atoms with Gasteiger partial charge in [-0.2, -0.15) is 0 Å². The molecule has 72 valence electrons. The van der Waals surface area contributed by atoms with Crippen molar-refractivity contribution in [3.05, 3.63) is 28.6 Å². The van der Waals surface area contributed by atoms with Crippen molar-refractivity contribution in [1.29, 1.82) is 0 Å². The number of rotatable bonds is 2. The maximum absolute atomic E-state index is 5.63. The molecule has 0 unspecified atom stereocenters. The van der Waals surface area contributed by atoms with E-state index in [-0.39, 0.29) is 0 Å². The van der Waals surface area contributed by atoms with Crippen molar-refractivity contribution in [3.8, 4) is 0 Å². The third-order valence-electron chi connectivity index (χ3n) is 2.39. The fourth-order valence-electron chi connectivity index (χ4n) is 1.58. The van der Waals surface area contributed by atoms with Gasteiger partial charge in [-0.15, -0.1) is 0 Å². The average molecular weight is 178 g/mol. The van der Waals surface area contributed by atoms with Gasteiger partial charge < -0.3 is 5.73 Å². The highest BCUT2D eigenvalue weighted by Gasteiger charge is 2.07. The van der Waals surface area contributed by atoms with Gasteiger partial charge >= 0.3 is 0 Å². The Kier molecular flexibility index (Phi) is 3.04. The number of hydrogen-bond donors (Lipinski definition) is 1. The second-order valence-corrected chi connectivity index (χ2v) is 3.77. The van der Waals surface area contributed by atoms with Crippen LogP contribution in [0.5, 0.6) is 0 Å². The van der Waals surface area contributed by atoms with Crippen LogP contribution in [0.4, 0.5) is 0 Å². The molecular formula is C11H18N2. The van der Waals surface area contributed by atoms with Crippen LogP contribution in [0.3, 0.4) is 0 Å². The van der Waals surface area contributed by atoms with Crippen LogP contribution in [0.15, 0.2) is 6.07 Å². The maximum atomic E-state index is 5.63. The molecule has 0 bridgehead atoms. The van der Waals surface area contributed by atoms with Crippen LogP contribution in [0.25, 0.3) is 0 Å². The van der Waals surface area contributed by atoms with Crippen LogP contribution in [0.1, 0.15) is 42.3 Å². The second kappa shape index (κ2) is 3.88. The molecule has 2 heteroatoms. The highest BCUT2D eigenvalue weighted by atomic mass is 14.7. The molecule has 0 saturated heterocycles. The zero-order chi connectivity index (χ0) is 10.0. The van der Waals surface area contributed by atoms with Crippen LogP contribution in [-0.4, -0.2) is 4.98 Å². The van der Waals surface area contributed by atoms with E-state index in [1.54, 1.807) is 0 Å². The Morgan fingerprint density at radius 1 is 1.31 bits per heavy atom. The first-order valence-electron chi connectivity index (χ1n) is 4.73. The Morgan fingerprint density at radius 2 is 1.92 bits per heavy atom. The van der Waals surface area contributed by atoms with E-state index in [4.69, 9.17) is 5.73 Å². The van der Waals surface area contributed by atoms with Crippen LogP contribution >= 0.6 is 0 Å². The van der Waals surface area contributed by atoms with E-state index in [2.05, 4.69) is 31.8 Å². The van der Waals surface area contributed by atoms with Crippen LogP contribution < -0.4 is 5.73 Å². The van der Waals surface area contributed by atoms with Gasteiger partial charge in [-0.1, -0.05) is 19.9 Å². The zero-order valence-electron chi connectivity index (χ0n) is 8.89. The molecule has 2 N–H and O–H groups in total. The number of pyridine rings is 1. The van der Waals surface area contributed by atoms with Gasteiger partial charge in [0.2, 0.25) is 0 Å². The van der Waals surface area contributed by atoms with Crippen molar-refractivity contribution >= 4 is 0 Å². The van der Waals surface area contributed by atoms with Crippen molar-refractivity contribution in [2.45, 2.75) is 40.2 Å². The lowest BCUT2D eigenvalue weighted by Crippen LogP contribution is -2.05. The summed E-state index contributed by atoms with van der Waals surface area (Å²) in [5, 5.41) is 0. The zero-order valence-corrected chi connectivity index (χ0v) is 8.89. The van der Waals surface area contributed by atoms with Crippen LogP contribution in [-0.2, 0) is 6.54 Å². The molecule has 0 aliphatic heterocycles. The van der Waals surface area contributed by atoms with Gasteiger partial charge in [-0.05, 0) is 30.9 Å². The summed E-state index contributed by atoms with van der Waals surface area (Å²) >= 11 is 0. The van der Waals surface area contributed by atoms with Gasteiger partial charge in [-0.3, -0.25) is 4.98 Å². The third-order valence-corrected chi connectivity index (χ3v) is 2.39. The minimum Gasteiger partial charge on any atom is -0.326 e. The Labute approximate surface area is 80.2 Å². The van der Waals surface area contributed by atoms with E-state index in [1.165, 1.54) is 5.56 Å². The minimum atomic E-state index is 0.526. The first-order valence-corrected chi connectivity index (χ1v) is 4.73. The number of nitrogens with zero attached hydrogens (tertiary/aromatic N) is 1. The standard InChI is InChI=1S/C11H18N2/c1-7(2)11-5-10(6-12)8(3)13-9(11)4/h5,7H,6,12H2,1-4H3. The van der Waals surface area contributed by atoms with E-state index in [9.17, 15) is 0 Å². The smallest absolute Gasteiger partial charge is 0.0420 e. The highest BCUT2D eigenvalue weighted by Crippen LogP contribution is 2.20. The Morgan fingerprint density at radius 3 is 2.38 bits per heavy atom. The fraction of sp³-hybridized carbons (Fsp3) is 0.545. The molecule has 1 aromatic rings. The number of aromatic nitrogens is 1. The first-order chi connectivity index (χ1) is 6.06. The second-order valence-electron chi connectivity index (χ2n) is 3.77. The van der Waals surface area contributed by atoms with Crippen molar-refractivity contribution in [2.24, 2.45) is 5.73 Å². The van der Waals surface area contributed by atoms with Crippen molar-refractivity contribution in [3.63, 3.8) is 0 Å². The number of aryl methyl sites for hydroxylation is 2.